The number of hydrazone groups is 1. The molecule has 0 saturated carbocycles. The molecule has 0 bridgehead atoms. The van der Waals surface area contributed by atoms with Gasteiger partial charge in [0.1, 0.15) is 5.75 Å². The van der Waals surface area contributed by atoms with E-state index in [9.17, 15) is 0 Å². The normalized spacial score (nSPS) is 18.4. The minimum absolute atomic E-state index is 0.245. The van der Waals surface area contributed by atoms with Gasteiger partial charge in [0, 0.05) is 12.8 Å². The molecule has 3 rings (SSSR count). The van der Waals surface area contributed by atoms with Crippen molar-refractivity contribution in [1.82, 2.24) is 4.98 Å². The lowest BCUT2D eigenvalue weighted by atomic mass is 10.2. The van der Waals surface area contributed by atoms with E-state index in [-0.39, 0.29) is 6.10 Å². The number of ether oxygens (including phenoxy) is 2. The monoisotopic (exact) mass is 319 g/mol. The lowest BCUT2D eigenvalue weighted by Gasteiger charge is -2.19. The number of fused-ring (bicyclic) bond motifs is 1. The highest BCUT2D eigenvalue weighted by Crippen LogP contribution is 2.32. The molecule has 1 fully saturated rings. The van der Waals surface area contributed by atoms with Gasteiger partial charge in [0.05, 0.1) is 29.5 Å². The van der Waals surface area contributed by atoms with Gasteiger partial charge in [-0.2, -0.15) is 5.10 Å². The molecule has 2 heterocycles. The van der Waals surface area contributed by atoms with Crippen molar-refractivity contribution in [1.29, 1.82) is 0 Å². The summed E-state index contributed by atoms with van der Waals surface area (Å²) >= 11 is 1.63. The van der Waals surface area contributed by atoms with Gasteiger partial charge in [0.25, 0.3) is 0 Å². The largest absolute Gasteiger partial charge is 0.494 e. The molecular weight excluding hydrogens is 298 g/mol. The van der Waals surface area contributed by atoms with Crippen molar-refractivity contribution in [3.05, 3.63) is 18.2 Å². The van der Waals surface area contributed by atoms with Crippen LogP contribution in [0.25, 0.3) is 10.2 Å². The molecular formula is C16H21N3O2S. The maximum Gasteiger partial charge on any atom is 0.207 e. The van der Waals surface area contributed by atoms with Crippen molar-refractivity contribution in [2.45, 2.75) is 32.8 Å². The number of anilines is 1. The van der Waals surface area contributed by atoms with Crippen LogP contribution >= 0.6 is 11.3 Å². The van der Waals surface area contributed by atoms with E-state index in [0.29, 0.717) is 6.61 Å². The molecule has 5 nitrogen and oxygen atoms in total. The molecule has 1 aliphatic heterocycles. The highest BCUT2D eigenvalue weighted by Gasteiger charge is 2.21. The zero-order valence-electron chi connectivity index (χ0n) is 13.0. The van der Waals surface area contributed by atoms with Crippen LogP contribution in [-0.4, -0.2) is 37.1 Å². The van der Waals surface area contributed by atoms with E-state index in [2.05, 4.69) is 5.10 Å². The van der Waals surface area contributed by atoms with Gasteiger partial charge >= 0.3 is 0 Å². The van der Waals surface area contributed by atoms with Gasteiger partial charge in [0.2, 0.25) is 5.13 Å². The first-order valence-electron chi connectivity index (χ1n) is 7.71. The maximum absolute atomic E-state index is 5.72. The van der Waals surface area contributed by atoms with Gasteiger partial charge in [-0.25, -0.2) is 9.99 Å². The summed E-state index contributed by atoms with van der Waals surface area (Å²) in [7, 11) is 0. The van der Waals surface area contributed by atoms with Crippen LogP contribution in [-0.2, 0) is 4.74 Å². The van der Waals surface area contributed by atoms with Crippen LogP contribution in [0, 0.1) is 0 Å². The number of aromatic nitrogens is 1. The average Bonchev–Trinajstić information content (AvgIpc) is 3.15. The molecule has 22 heavy (non-hydrogen) atoms. The number of benzene rings is 1. The summed E-state index contributed by atoms with van der Waals surface area (Å²) in [4.78, 5) is 4.69. The summed E-state index contributed by atoms with van der Waals surface area (Å²) in [5.74, 6) is 0.884. The van der Waals surface area contributed by atoms with E-state index < -0.39 is 0 Å². The fourth-order valence-electron chi connectivity index (χ4n) is 2.55. The number of hydrogen-bond donors (Lipinski definition) is 0. The number of thiazole rings is 1. The molecule has 0 N–H and O–H groups in total. The molecule has 0 amide bonds. The molecule has 0 spiro atoms. The van der Waals surface area contributed by atoms with Gasteiger partial charge in [-0.15, -0.1) is 0 Å². The van der Waals surface area contributed by atoms with E-state index in [1.54, 1.807) is 17.6 Å². The van der Waals surface area contributed by atoms with Gasteiger partial charge in [-0.3, -0.25) is 0 Å². The second kappa shape index (κ2) is 7.07. The number of rotatable bonds is 6. The predicted octanol–water partition coefficient (Wildman–Crippen LogP) is 3.69. The van der Waals surface area contributed by atoms with Crippen LogP contribution in [0.1, 0.15) is 26.7 Å². The summed E-state index contributed by atoms with van der Waals surface area (Å²) in [5.41, 5.74) is 0.979. The lowest BCUT2D eigenvalue weighted by Crippen LogP contribution is -2.27. The zero-order valence-corrected chi connectivity index (χ0v) is 13.8. The van der Waals surface area contributed by atoms with Crippen LogP contribution in [0.15, 0.2) is 23.3 Å². The fourth-order valence-corrected chi connectivity index (χ4v) is 3.52. The third-order valence-corrected chi connectivity index (χ3v) is 4.57. The first kappa shape index (κ1) is 15.2. The van der Waals surface area contributed by atoms with Crippen molar-refractivity contribution in [2.75, 3.05) is 24.8 Å². The Labute approximate surface area is 134 Å². The Morgan fingerprint density at radius 2 is 2.45 bits per heavy atom. The molecule has 1 aliphatic rings. The van der Waals surface area contributed by atoms with Crippen molar-refractivity contribution >= 4 is 32.9 Å². The SMILES string of the molecule is C/C=N/N(CC1CCCO1)c1nc2ccc(OCC)cc2s1. The minimum Gasteiger partial charge on any atom is -0.494 e. The Morgan fingerprint density at radius 3 is 3.18 bits per heavy atom. The number of nitrogens with zero attached hydrogens (tertiary/aromatic N) is 3. The van der Waals surface area contributed by atoms with Crippen LogP contribution in [0.2, 0.25) is 0 Å². The number of hydrogen-bond acceptors (Lipinski definition) is 6. The molecule has 2 aromatic rings. The Kier molecular flexibility index (Phi) is 4.90. The maximum atomic E-state index is 5.72. The standard InChI is InChI=1S/C16H21N3O2S/c1-3-17-19(11-13-6-5-9-21-13)16-18-14-8-7-12(20-4-2)10-15(14)22-16/h3,7-8,10,13H,4-6,9,11H2,1-2H3/b17-3+. The summed E-state index contributed by atoms with van der Waals surface area (Å²) in [6.07, 6.45) is 4.27. The molecule has 1 unspecified atom stereocenters. The molecule has 1 aromatic heterocycles. The van der Waals surface area contributed by atoms with Crippen LogP contribution in [0.5, 0.6) is 5.75 Å². The Morgan fingerprint density at radius 1 is 1.55 bits per heavy atom. The van der Waals surface area contributed by atoms with Gasteiger partial charge in [-0.05, 0) is 44.9 Å². The quantitative estimate of drug-likeness (QED) is 0.602. The lowest BCUT2D eigenvalue weighted by molar-refractivity contribution is 0.115. The second-order valence-electron chi connectivity index (χ2n) is 5.15. The van der Waals surface area contributed by atoms with E-state index in [0.717, 1.165) is 47.1 Å². The first-order chi connectivity index (χ1) is 10.8. The minimum atomic E-state index is 0.245. The zero-order chi connectivity index (χ0) is 15.4. The summed E-state index contributed by atoms with van der Waals surface area (Å²) in [5, 5.41) is 7.30. The average molecular weight is 319 g/mol. The van der Waals surface area contributed by atoms with E-state index in [1.807, 2.05) is 37.1 Å². The summed E-state index contributed by atoms with van der Waals surface area (Å²) in [6, 6.07) is 6.00. The van der Waals surface area contributed by atoms with E-state index in [4.69, 9.17) is 14.5 Å². The summed E-state index contributed by atoms with van der Waals surface area (Å²) in [6.45, 7) is 6.18. The molecule has 1 atom stereocenters. The van der Waals surface area contributed by atoms with Crippen molar-refractivity contribution < 1.29 is 9.47 Å². The third-order valence-electron chi connectivity index (χ3n) is 3.54. The molecule has 118 valence electrons. The molecule has 0 aliphatic carbocycles. The topological polar surface area (TPSA) is 47.0 Å². The van der Waals surface area contributed by atoms with Crippen LogP contribution < -0.4 is 9.75 Å². The highest BCUT2D eigenvalue weighted by molar-refractivity contribution is 7.22. The summed E-state index contributed by atoms with van der Waals surface area (Å²) < 4.78 is 12.4. The van der Waals surface area contributed by atoms with Crippen LogP contribution in [0.4, 0.5) is 5.13 Å². The van der Waals surface area contributed by atoms with Gasteiger partial charge in [-0.1, -0.05) is 11.3 Å². The third kappa shape index (κ3) is 3.39. The second-order valence-corrected chi connectivity index (χ2v) is 6.16. The molecule has 1 saturated heterocycles. The Bertz CT molecular complexity index is 650. The smallest absolute Gasteiger partial charge is 0.207 e. The van der Waals surface area contributed by atoms with E-state index >= 15 is 0 Å². The van der Waals surface area contributed by atoms with Crippen molar-refractivity contribution in [2.24, 2.45) is 5.10 Å². The van der Waals surface area contributed by atoms with Crippen molar-refractivity contribution in [3.63, 3.8) is 0 Å². The van der Waals surface area contributed by atoms with Crippen molar-refractivity contribution in [3.8, 4) is 5.75 Å². The van der Waals surface area contributed by atoms with E-state index in [1.165, 1.54) is 0 Å². The predicted molar refractivity (Wildman–Crippen MR) is 91.3 cm³/mol. The fraction of sp³-hybridized carbons (Fsp3) is 0.500. The van der Waals surface area contributed by atoms with Gasteiger partial charge in [0.15, 0.2) is 0 Å². The van der Waals surface area contributed by atoms with Crippen LogP contribution in [0.3, 0.4) is 0 Å². The highest BCUT2D eigenvalue weighted by atomic mass is 32.1. The molecule has 6 heteroatoms. The Hall–Kier alpha value is -1.66. The Balaban J connectivity index is 1.84. The molecule has 0 radical (unpaired) electrons. The molecule has 1 aromatic carbocycles. The first-order valence-corrected chi connectivity index (χ1v) is 8.53. The van der Waals surface area contributed by atoms with Gasteiger partial charge < -0.3 is 9.47 Å².